The molecule has 0 aliphatic carbocycles. The molecule has 1 atom stereocenters. The Morgan fingerprint density at radius 1 is 1.30 bits per heavy atom. The van der Waals surface area contributed by atoms with E-state index in [1.807, 2.05) is 7.05 Å². The van der Waals surface area contributed by atoms with Crippen LogP contribution in [0, 0.1) is 5.92 Å². The lowest BCUT2D eigenvalue weighted by Crippen LogP contribution is -2.33. The lowest BCUT2D eigenvalue weighted by Gasteiger charge is -2.32. The number of halogens is 3. The number of carbonyl (C=O) groups is 1. The number of aldehydes is 1. The van der Waals surface area contributed by atoms with E-state index in [1.54, 1.807) is 6.07 Å². The fraction of sp³-hybridized carbons (Fsp3) is 0.533. The molecular formula is C15H18F3NO. The fourth-order valence-electron chi connectivity index (χ4n) is 2.77. The van der Waals surface area contributed by atoms with Crippen molar-refractivity contribution in [1.29, 1.82) is 0 Å². The quantitative estimate of drug-likeness (QED) is 0.794. The number of piperidine rings is 1. The summed E-state index contributed by atoms with van der Waals surface area (Å²) in [7, 11) is 2.01. The van der Waals surface area contributed by atoms with Crippen molar-refractivity contribution in [2.45, 2.75) is 24.9 Å². The number of nitrogens with zero attached hydrogens (tertiary/aromatic N) is 1. The third-order valence-corrected chi connectivity index (χ3v) is 4.02. The molecule has 0 aromatic heterocycles. The Kier molecular flexibility index (Phi) is 4.48. The van der Waals surface area contributed by atoms with Crippen molar-refractivity contribution in [1.82, 2.24) is 4.90 Å². The Bertz CT molecular complexity index is 464. The van der Waals surface area contributed by atoms with Gasteiger partial charge in [0.25, 0.3) is 0 Å². The van der Waals surface area contributed by atoms with Crippen LogP contribution in [-0.4, -0.2) is 31.3 Å². The maximum absolute atomic E-state index is 12.7. The van der Waals surface area contributed by atoms with Gasteiger partial charge in [0.05, 0.1) is 5.56 Å². The number of rotatable bonds is 3. The highest BCUT2D eigenvalue weighted by molar-refractivity contribution is 5.63. The Balaban J connectivity index is 2.21. The highest BCUT2D eigenvalue weighted by Gasteiger charge is 2.32. The standard InChI is InChI=1S/C15H18F3NO/c1-19-7-5-11(6-8-19)14(10-20)12-3-2-4-13(9-12)15(16,17)18/h2-4,9-11,14H,5-8H2,1H3. The van der Waals surface area contributed by atoms with Crippen LogP contribution in [0.5, 0.6) is 0 Å². The average molecular weight is 285 g/mol. The summed E-state index contributed by atoms with van der Waals surface area (Å²) in [6, 6.07) is 5.15. The second kappa shape index (κ2) is 5.95. The van der Waals surface area contributed by atoms with E-state index in [0.717, 1.165) is 44.4 Å². The zero-order valence-electron chi connectivity index (χ0n) is 11.4. The predicted molar refractivity (Wildman–Crippen MR) is 70.5 cm³/mol. The minimum Gasteiger partial charge on any atom is -0.306 e. The molecule has 0 N–H and O–H groups in total. The predicted octanol–water partition coefficient (Wildman–Crippen LogP) is 3.33. The van der Waals surface area contributed by atoms with Crippen LogP contribution in [-0.2, 0) is 11.0 Å². The number of hydrogen-bond donors (Lipinski definition) is 0. The zero-order valence-corrected chi connectivity index (χ0v) is 11.4. The summed E-state index contributed by atoms with van der Waals surface area (Å²) >= 11 is 0. The van der Waals surface area contributed by atoms with Gasteiger partial charge in [0, 0.05) is 5.92 Å². The largest absolute Gasteiger partial charge is 0.416 e. The minimum absolute atomic E-state index is 0.132. The average Bonchev–Trinajstić information content (AvgIpc) is 2.41. The summed E-state index contributed by atoms with van der Waals surface area (Å²) in [5.41, 5.74) is -0.209. The first kappa shape index (κ1) is 15.0. The maximum Gasteiger partial charge on any atom is 0.416 e. The molecule has 1 unspecified atom stereocenters. The lowest BCUT2D eigenvalue weighted by atomic mass is 9.80. The number of alkyl halides is 3. The van der Waals surface area contributed by atoms with Crippen LogP contribution in [0.2, 0.25) is 0 Å². The van der Waals surface area contributed by atoms with E-state index >= 15 is 0 Å². The van der Waals surface area contributed by atoms with Crippen LogP contribution in [0.1, 0.15) is 29.9 Å². The topological polar surface area (TPSA) is 20.3 Å². The van der Waals surface area contributed by atoms with Gasteiger partial charge >= 0.3 is 6.18 Å². The van der Waals surface area contributed by atoms with Gasteiger partial charge in [-0.2, -0.15) is 13.2 Å². The summed E-state index contributed by atoms with van der Waals surface area (Å²) in [6.45, 7) is 1.77. The van der Waals surface area contributed by atoms with Crippen molar-refractivity contribution in [2.75, 3.05) is 20.1 Å². The SMILES string of the molecule is CN1CCC(C(C=O)c2cccc(C(F)(F)F)c2)CC1. The number of likely N-dealkylation sites (tertiary alicyclic amines) is 1. The monoisotopic (exact) mass is 285 g/mol. The molecule has 1 heterocycles. The molecule has 0 amide bonds. The molecule has 1 fully saturated rings. The van der Waals surface area contributed by atoms with Gasteiger partial charge in [0.2, 0.25) is 0 Å². The smallest absolute Gasteiger partial charge is 0.306 e. The molecular weight excluding hydrogens is 267 g/mol. The van der Waals surface area contributed by atoms with Crippen molar-refractivity contribution < 1.29 is 18.0 Å². The lowest BCUT2D eigenvalue weighted by molar-refractivity contribution is -0.137. The molecule has 5 heteroatoms. The van der Waals surface area contributed by atoms with E-state index in [1.165, 1.54) is 6.07 Å². The normalized spacial score (nSPS) is 19.8. The van der Waals surface area contributed by atoms with Crippen LogP contribution in [0.15, 0.2) is 24.3 Å². The van der Waals surface area contributed by atoms with E-state index < -0.39 is 17.7 Å². The van der Waals surface area contributed by atoms with E-state index in [0.29, 0.717) is 5.56 Å². The molecule has 1 aliphatic rings. The molecule has 0 spiro atoms. The van der Waals surface area contributed by atoms with Crippen molar-refractivity contribution in [3.05, 3.63) is 35.4 Å². The van der Waals surface area contributed by atoms with Crippen molar-refractivity contribution in [3.63, 3.8) is 0 Å². The van der Waals surface area contributed by atoms with Crippen LogP contribution < -0.4 is 0 Å². The van der Waals surface area contributed by atoms with Crippen LogP contribution in [0.4, 0.5) is 13.2 Å². The summed E-state index contributed by atoms with van der Waals surface area (Å²) in [6.07, 6.45) is -1.88. The van der Waals surface area contributed by atoms with Crippen molar-refractivity contribution in [3.8, 4) is 0 Å². The van der Waals surface area contributed by atoms with Gasteiger partial charge in [0.15, 0.2) is 0 Å². The summed E-state index contributed by atoms with van der Waals surface area (Å²) in [5, 5.41) is 0. The van der Waals surface area contributed by atoms with Gasteiger partial charge in [-0.3, -0.25) is 0 Å². The molecule has 0 radical (unpaired) electrons. The summed E-state index contributed by atoms with van der Waals surface area (Å²) in [4.78, 5) is 13.5. The van der Waals surface area contributed by atoms with Gasteiger partial charge in [-0.25, -0.2) is 0 Å². The van der Waals surface area contributed by atoms with Crippen LogP contribution in [0.3, 0.4) is 0 Å². The van der Waals surface area contributed by atoms with E-state index in [9.17, 15) is 18.0 Å². The first-order chi connectivity index (χ1) is 9.41. The molecule has 0 saturated carbocycles. The van der Waals surface area contributed by atoms with E-state index in [2.05, 4.69) is 4.90 Å². The van der Waals surface area contributed by atoms with E-state index in [-0.39, 0.29) is 5.92 Å². The number of hydrogen-bond acceptors (Lipinski definition) is 2. The Labute approximate surface area is 116 Å². The minimum atomic E-state index is -4.36. The van der Waals surface area contributed by atoms with Gasteiger partial charge < -0.3 is 9.69 Å². The van der Waals surface area contributed by atoms with Crippen LogP contribution >= 0.6 is 0 Å². The third-order valence-electron chi connectivity index (χ3n) is 4.02. The number of benzene rings is 1. The van der Waals surface area contributed by atoms with Crippen molar-refractivity contribution in [2.24, 2.45) is 5.92 Å². The summed E-state index contributed by atoms with van der Waals surface area (Å²) < 4.78 is 38.2. The van der Waals surface area contributed by atoms with Crippen LogP contribution in [0.25, 0.3) is 0 Å². The van der Waals surface area contributed by atoms with Crippen molar-refractivity contribution >= 4 is 6.29 Å². The molecule has 2 rings (SSSR count). The molecule has 2 nitrogen and oxygen atoms in total. The first-order valence-electron chi connectivity index (χ1n) is 6.73. The molecule has 1 aromatic rings. The molecule has 1 saturated heterocycles. The Hall–Kier alpha value is -1.36. The van der Waals surface area contributed by atoms with E-state index in [4.69, 9.17) is 0 Å². The number of carbonyl (C=O) groups excluding carboxylic acids is 1. The summed E-state index contributed by atoms with van der Waals surface area (Å²) in [5.74, 6) is -0.307. The zero-order chi connectivity index (χ0) is 14.8. The first-order valence-corrected chi connectivity index (χ1v) is 6.73. The highest BCUT2D eigenvalue weighted by Crippen LogP contribution is 2.35. The molecule has 0 bridgehead atoms. The van der Waals surface area contributed by atoms with Gasteiger partial charge in [-0.15, -0.1) is 0 Å². The van der Waals surface area contributed by atoms with Gasteiger partial charge in [-0.05, 0) is 50.5 Å². The molecule has 1 aromatic carbocycles. The Morgan fingerprint density at radius 3 is 2.50 bits per heavy atom. The Morgan fingerprint density at radius 2 is 1.95 bits per heavy atom. The highest BCUT2D eigenvalue weighted by atomic mass is 19.4. The fourth-order valence-corrected chi connectivity index (χ4v) is 2.77. The second-order valence-corrected chi connectivity index (χ2v) is 5.43. The molecule has 110 valence electrons. The third kappa shape index (κ3) is 3.39. The molecule has 20 heavy (non-hydrogen) atoms. The maximum atomic E-state index is 12.7. The molecule has 1 aliphatic heterocycles. The second-order valence-electron chi connectivity index (χ2n) is 5.43. The van der Waals surface area contributed by atoms with Gasteiger partial charge in [0.1, 0.15) is 6.29 Å². The van der Waals surface area contributed by atoms with Gasteiger partial charge in [-0.1, -0.05) is 18.2 Å².